The van der Waals surface area contributed by atoms with Crippen molar-refractivity contribution in [1.82, 2.24) is 4.31 Å². The van der Waals surface area contributed by atoms with Gasteiger partial charge in [-0.2, -0.15) is 17.5 Å². The van der Waals surface area contributed by atoms with Crippen LogP contribution in [0.25, 0.3) is 0 Å². The van der Waals surface area contributed by atoms with Crippen LogP contribution in [0.2, 0.25) is 5.02 Å². The van der Waals surface area contributed by atoms with E-state index in [1.54, 1.807) is 13.8 Å². The van der Waals surface area contributed by atoms with Crippen molar-refractivity contribution in [2.45, 2.75) is 29.1 Å². The van der Waals surface area contributed by atoms with Gasteiger partial charge in [0, 0.05) is 18.0 Å². The monoisotopic (exact) mass is 466 g/mol. The van der Waals surface area contributed by atoms with Crippen LogP contribution in [0.1, 0.15) is 24.2 Å². The van der Waals surface area contributed by atoms with E-state index < -0.39 is 33.2 Å². The molecular formula is C18H18ClF3N2O3S2. The van der Waals surface area contributed by atoms with Crippen LogP contribution in [0.3, 0.4) is 0 Å². The van der Waals surface area contributed by atoms with Crippen LogP contribution in [0.15, 0.2) is 52.3 Å². The third-order valence-electron chi connectivity index (χ3n) is 3.89. The van der Waals surface area contributed by atoms with Gasteiger partial charge in [-0.3, -0.25) is 4.79 Å². The number of sulfonamides is 1. The number of hydrogen-bond acceptors (Lipinski definition) is 4. The van der Waals surface area contributed by atoms with E-state index in [-0.39, 0.29) is 39.2 Å². The number of anilines is 1. The zero-order valence-electron chi connectivity index (χ0n) is 15.5. The number of nitrogens with zero attached hydrogens (tertiary/aromatic N) is 1. The highest BCUT2D eigenvalue weighted by Gasteiger charge is 2.31. The molecule has 0 spiro atoms. The van der Waals surface area contributed by atoms with E-state index in [1.807, 2.05) is 0 Å². The molecule has 0 saturated carbocycles. The molecule has 0 atom stereocenters. The largest absolute Gasteiger partial charge is 0.446 e. The highest BCUT2D eigenvalue weighted by Crippen LogP contribution is 2.38. The average Bonchev–Trinajstić information content (AvgIpc) is 2.63. The maximum atomic E-state index is 12.7. The fourth-order valence-corrected chi connectivity index (χ4v) is 4.85. The van der Waals surface area contributed by atoms with Gasteiger partial charge in [0.2, 0.25) is 10.0 Å². The molecule has 0 aromatic heterocycles. The lowest BCUT2D eigenvalue weighted by molar-refractivity contribution is -0.0328. The van der Waals surface area contributed by atoms with E-state index >= 15 is 0 Å². The second kappa shape index (κ2) is 9.38. The van der Waals surface area contributed by atoms with E-state index in [0.29, 0.717) is 0 Å². The summed E-state index contributed by atoms with van der Waals surface area (Å²) in [5.74, 6) is -0.836. The molecule has 0 bridgehead atoms. The van der Waals surface area contributed by atoms with E-state index in [2.05, 4.69) is 5.32 Å². The Morgan fingerprint density at radius 1 is 1.14 bits per heavy atom. The predicted octanol–water partition coefficient (Wildman–Crippen LogP) is 5.23. The predicted molar refractivity (Wildman–Crippen MR) is 108 cm³/mol. The number of nitrogens with one attached hydrogen (secondary N) is 1. The molecule has 0 fully saturated rings. The Morgan fingerprint density at radius 2 is 1.76 bits per heavy atom. The fraction of sp³-hybridized carbons (Fsp3) is 0.278. The Kier molecular flexibility index (Phi) is 7.61. The van der Waals surface area contributed by atoms with Gasteiger partial charge in [0.1, 0.15) is 0 Å². The zero-order chi connectivity index (χ0) is 21.8. The van der Waals surface area contributed by atoms with Gasteiger partial charge in [0.15, 0.2) is 0 Å². The second-order valence-electron chi connectivity index (χ2n) is 5.73. The molecule has 0 saturated heterocycles. The van der Waals surface area contributed by atoms with Crippen LogP contribution >= 0.6 is 23.4 Å². The summed E-state index contributed by atoms with van der Waals surface area (Å²) in [6, 6.07) is 9.04. The molecule has 1 amide bonds. The van der Waals surface area contributed by atoms with Crippen LogP contribution < -0.4 is 5.32 Å². The maximum absolute atomic E-state index is 12.7. The average molecular weight is 467 g/mol. The van der Waals surface area contributed by atoms with Crippen molar-refractivity contribution >= 4 is 45.0 Å². The van der Waals surface area contributed by atoms with Crippen LogP contribution in [-0.4, -0.2) is 37.2 Å². The van der Waals surface area contributed by atoms with Gasteiger partial charge in [-0.25, -0.2) is 8.42 Å². The van der Waals surface area contributed by atoms with Crippen molar-refractivity contribution in [1.29, 1.82) is 0 Å². The first-order valence-corrected chi connectivity index (χ1v) is 11.1. The summed E-state index contributed by atoms with van der Waals surface area (Å²) in [4.78, 5) is 12.2. The Bertz CT molecular complexity index is 994. The molecule has 2 aromatic rings. The van der Waals surface area contributed by atoms with Gasteiger partial charge >= 0.3 is 5.51 Å². The smallest absolute Gasteiger partial charge is 0.321 e. The summed E-state index contributed by atoms with van der Waals surface area (Å²) in [6.45, 7) is 3.89. The van der Waals surface area contributed by atoms with Gasteiger partial charge in [0.25, 0.3) is 5.91 Å². The lowest BCUT2D eigenvalue weighted by Crippen LogP contribution is -2.30. The summed E-state index contributed by atoms with van der Waals surface area (Å²) < 4.78 is 64.8. The molecule has 11 heteroatoms. The first-order chi connectivity index (χ1) is 13.5. The molecule has 0 aliphatic rings. The lowest BCUT2D eigenvalue weighted by atomic mass is 10.2. The molecule has 158 valence electrons. The molecule has 5 nitrogen and oxygen atoms in total. The normalized spacial score (nSPS) is 12.2. The van der Waals surface area contributed by atoms with Crippen molar-refractivity contribution in [3.05, 3.63) is 53.1 Å². The highest BCUT2D eigenvalue weighted by atomic mass is 35.5. The quantitative estimate of drug-likeness (QED) is 0.567. The third-order valence-corrected chi connectivity index (χ3v) is 7.07. The summed E-state index contributed by atoms with van der Waals surface area (Å²) in [5.41, 5.74) is -4.79. The van der Waals surface area contributed by atoms with Crippen LogP contribution in [-0.2, 0) is 10.0 Å². The number of rotatable bonds is 7. The summed E-state index contributed by atoms with van der Waals surface area (Å²) in [5, 5.41) is 2.46. The molecule has 0 heterocycles. The Balaban J connectivity index is 2.38. The Morgan fingerprint density at radius 3 is 2.34 bits per heavy atom. The number of alkyl halides is 3. The third kappa shape index (κ3) is 5.88. The van der Waals surface area contributed by atoms with Crippen LogP contribution in [0.4, 0.5) is 18.9 Å². The van der Waals surface area contributed by atoms with Crippen molar-refractivity contribution < 1.29 is 26.4 Å². The van der Waals surface area contributed by atoms with Gasteiger partial charge in [0.05, 0.1) is 21.2 Å². The van der Waals surface area contributed by atoms with E-state index in [9.17, 15) is 26.4 Å². The summed E-state index contributed by atoms with van der Waals surface area (Å²) >= 11 is 5.65. The molecule has 2 aromatic carbocycles. The van der Waals surface area contributed by atoms with E-state index in [1.165, 1.54) is 46.8 Å². The van der Waals surface area contributed by atoms with Crippen LogP contribution in [0, 0.1) is 0 Å². The number of hydrogen-bond donors (Lipinski definition) is 1. The van der Waals surface area contributed by atoms with E-state index in [0.717, 1.165) is 0 Å². The first kappa shape index (κ1) is 23.5. The molecule has 29 heavy (non-hydrogen) atoms. The molecular weight excluding hydrogens is 449 g/mol. The second-order valence-corrected chi connectivity index (χ2v) is 9.18. The molecule has 0 radical (unpaired) electrons. The molecule has 0 unspecified atom stereocenters. The SMILES string of the molecule is CCN(CC)S(=O)(=O)c1ccc(Cl)c(NC(=O)c2ccccc2SC(F)(F)F)c1. The maximum Gasteiger partial charge on any atom is 0.446 e. The number of benzene rings is 2. The lowest BCUT2D eigenvalue weighted by Gasteiger charge is -2.19. The number of carbonyl (C=O) groups excluding carboxylic acids is 1. The van der Waals surface area contributed by atoms with Gasteiger partial charge in [-0.1, -0.05) is 37.6 Å². The molecule has 1 N–H and O–H groups in total. The standard InChI is InChI=1S/C18H18ClF3N2O3S2/c1-3-24(4-2)29(26,27)12-9-10-14(19)15(11-12)23-17(25)13-7-5-6-8-16(13)28-18(20,21)22/h5-11H,3-4H2,1-2H3,(H,23,25). The number of amides is 1. The minimum Gasteiger partial charge on any atom is -0.321 e. The minimum atomic E-state index is -4.56. The van der Waals surface area contributed by atoms with Crippen molar-refractivity contribution in [2.75, 3.05) is 18.4 Å². The molecule has 0 aliphatic carbocycles. The summed E-state index contributed by atoms with van der Waals surface area (Å²) in [7, 11) is -3.80. The Labute approximate surface area is 176 Å². The first-order valence-electron chi connectivity index (χ1n) is 8.45. The zero-order valence-corrected chi connectivity index (χ0v) is 17.8. The van der Waals surface area contributed by atoms with Gasteiger partial charge in [-0.05, 0) is 42.1 Å². The highest BCUT2D eigenvalue weighted by molar-refractivity contribution is 8.00. The van der Waals surface area contributed by atoms with Crippen molar-refractivity contribution in [2.24, 2.45) is 0 Å². The van der Waals surface area contributed by atoms with Gasteiger partial charge < -0.3 is 5.32 Å². The number of halogens is 4. The fourth-order valence-electron chi connectivity index (χ4n) is 2.53. The topological polar surface area (TPSA) is 66.5 Å². The minimum absolute atomic E-state index is 0.0169. The summed E-state index contributed by atoms with van der Waals surface area (Å²) in [6.07, 6.45) is 0. The van der Waals surface area contributed by atoms with E-state index in [4.69, 9.17) is 11.6 Å². The molecule has 0 aliphatic heterocycles. The Hall–Kier alpha value is -1.75. The van der Waals surface area contributed by atoms with Crippen molar-refractivity contribution in [3.8, 4) is 0 Å². The number of thioether (sulfide) groups is 1. The molecule has 2 rings (SSSR count). The van der Waals surface area contributed by atoms with Crippen LogP contribution in [0.5, 0.6) is 0 Å². The van der Waals surface area contributed by atoms with Crippen molar-refractivity contribution in [3.63, 3.8) is 0 Å². The number of carbonyl (C=O) groups is 1. The van der Waals surface area contributed by atoms with Gasteiger partial charge in [-0.15, -0.1) is 0 Å².